The van der Waals surface area contributed by atoms with E-state index in [0.717, 1.165) is 0 Å². The summed E-state index contributed by atoms with van der Waals surface area (Å²) in [4.78, 5) is 5.63. The van der Waals surface area contributed by atoms with Crippen molar-refractivity contribution in [3.05, 3.63) is 41.5 Å². The molecule has 0 aliphatic carbocycles. The van der Waals surface area contributed by atoms with E-state index in [-0.39, 0.29) is 12.1 Å². The number of rotatable bonds is 4. The fraction of sp³-hybridized carbons (Fsp3) is 0.429. The number of aliphatic hydroxyl groups excluding tert-OH is 1. The SMILES string of the molecule is Cc1ccccc1SCc1noc([C@H]2C[C@H](O)CN2)n1. The molecule has 106 valence electrons. The van der Waals surface area contributed by atoms with Gasteiger partial charge in [0.25, 0.3) is 0 Å². The Labute approximate surface area is 121 Å². The van der Waals surface area contributed by atoms with Crippen LogP contribution < -0.4 is 5.32 Å². The maximum Gasteiger partial charge on any atom is 0.243 e. The van der Waals surface area contributed by atoms with Crippen LogP contribution in [0.3, 0.4) is 0 Å². The summed E-state index contributed by atoms with van der Waals surface area (Å²) < 4.78 is 5.27. The van der Waals surface area contributed by atoms with Gasteiger partial charge in [-0.2, -0.15) is 4.98 Å². The number of aryl methyl sites for hydroxylation is 1. The highest BCUT2D eigenvalue weighted by atomic mass is 32.2. The largest absolute Gasteiger partial charge is 0.392 e. The summed E-state index contributed by atoms with van der Waals surface area (Å²) in [5.74, 6) is 1.95. The maximum absolute atomic E-state index is 9.49. The van der Waals surface area contributed by atoms with Crippen LogP contribution in [0.5, 0.6) is 0 Å². The molecule has 0 unspecified atom stereocenters. The van der Waals surface area contributed by atoms with Crippen molar-refractivity contribution in [1.82, 2.24) is 15.5 Å². The smallest absolute Gasteiger partial charge is 0.243 e. The van der Waals surface area contributed by atoms with E-state index in [1.54, 1.807) is 11.8 Å². The molecule has 1 aromatic carbocycles. The molecule has 1 fully saturated rings. The minimum absolute atomic E-state index is 0.0188. The number of hydrogen-bond donors (Lipinski definition) is 2. The van der Waals surface area contributed by atoms with Crippen molar-refractivity contribution in [1.29, 1.82) is 0 Å². The number of aliphatic hydroxyl groups is 1. The number of hydrogen-bond acceptors (Lipinski definition) is 6. The summed E-state index contributed by atoms with van der Waals surface area (Å²) >= 11 is 1.70. The molecular weight excluding hydrogens is 274 g/mol. The highest BCUT2D eigenvalue weighted by Gasteiger charge is 2.27. The molecule has 1 aliphatic rings. The van der Waals surface area contributed by atoms with Crippen molar-refractivity contribution >= 4 is 11.8 Å². The zero-order chi connectivity index (χ0) is 13.9. The Hall–Kier alpha value is -1.37. The molecule has 1 aliphatic heterocycles. The monoisotopic (exact) mass is 291 g/mol. The van der Waals surface area contributed by atoms with Crippen LogP contribution in [0.15, 0.2) is 33.7 Å². The van der Waals surface area contributed by atoms with Crippen LogP contribution in [-0.4, -0.2) is 27.9 Å². The van der Waals surface area contributed by atoms with Gasteiger partial charge in [0.1, 0.15) is 0 Å². The van der Waals surface area contributed by atoms with E-state index in [4.69, 9.17) is 4.52 Å². The number of aromatic nitrogens is 2. The van der Waals surface area contributed by atoms with Crippen LogP contribution in [-0.2, 0) is 5.75 Å². The number of thioether (sulfide) groups is 1. The van der Waals surface area contributed by atoms with Crippen molar-refractivity contribution < 1.29 is 9.63 Å². The van der Waals surface area contributed by atoms with Gasteiger partial charge in [-0.1, -0.05) is 23.4 Å². The summed E-state index contributed by atoms with van der Waals surface area (Å²) in [6, 6.07) is 8.22. The Bertz CT molecular complexity index is 587. The number of nitrogens with zero attached hydrogens (tertiary/aromatic N) is 2. The number of benzene rings is 1. The average molecular weight is 291 g/mol. The van der Waals surface area contributed by atoms with Gasteiger partial charge in [-0.05, 0) is 25.0 Å². The van der Waals surface area contributed by atoms with Crippen molar-refractivity contribution in [2.24, 2.45) is 0 Å². The van der Waals surface area contributed by atoms with Gasteiger partial charge in [0, 0.05) is 11.4 Å². The van der Waals surface area contributed by atoms with Crippen molar-refractivity contribution in [3.8, 4) is 0 Å². The van der Waals surface area contributed by atoms with Crippen LogP contribution in [0, 0.1) is 6.92 Å². The lowest BCUT2D eigenvalue weighted by Crippen LogP contribution is -2.15. The van der Waals surface area contributed by atoms with Crippen LogP contribution in [0.25, 0.3) is 0 Å². The molecule has 20 heavy (non-hydrogen) atoms. The first-order chi connectivity index (χ1) is 9.72. The van der Waals surface area contributed by atoms with E-state index in [0.29, 0.717) is 30.4 Å². The van der Waals surface area contributed by atoms with E-state index in [9.17, 15) is 5.11 Å². The van der Waals surface area contributed by atoms with Crippen molar-refractivity contribution in [2.75, 3.05) is 6.54 Å². The summed E-state index contributed by atoms with van der Waals surface area (Å²) in [6.45, 7) is 2.67. The van der Waals surface area contributed by atoms with E-state index in [2.05, 4.69) is 34.5 Å². The Kier molecular flexibility index (Phi) is 4.05. The predicted molar refractivity (Wildman–Crippen MR) is 76.4 cm³/mol. The Morgan fingerprint density at radius 2 is 2.30 bits per heavy atom. The average Bonchev–Trinajstić information content (AvgIpc) is 3.06. The van der Waals surface area contributed by atoms with Gasteiger partial charge in [-0.3, -0.25) is 0 Å². The van der Waals surface area contributed by atoms with Crippen LogP contribution >= 0.6 is 11.8 Å². The molecule has 0 spiro atoms. The van der Waals surface area contributed by atoms with Crippen molar-refractivity contribution in [3.63, 3.8) is 0 Å². The molecule has 0 amide bonds. The minimum atomic E-state index is -0.323. The zero-order valence-electron chi connectivity index (χ0n) is 11.2. The van der Waals surface area contributed by atoms with Crippen LogP contribution in [0.1, 0.15) is 29.7 Å². The molecule has 1 saturated heterocycles. The lowest BCUT2D eigenvalue weighted by molar-refractivity contribution is 0.191. The summed E-state index contributed by atoms with van der Waals surface area (Å²) in [5.41, 5.74) is 1.25. The molecule has 2 aromatic rings. The van der Waals surface area contributed by atoms with Gasteiger partial charge in [0.05, 0.1) is 17.9 Å². The third kappa shape index (κ3) is 3.03. The first kappa shape index (κ1) is 13.6. The molecule has 2 atom stereocenters. The van der Waals surface area contributed by atoms with Crippen molar-refractivity contribution in [2.45, 2.75) is 36.1 Å². The molecule has 0 bridgehead atoms. The predicted octanol–water partition coefficient (Wildman–Crippen LogP) is 2.07. The molecular formula is C14H17N3O2S. The van der Waals surface area contributed by atoms with E-state index < -0.39 is 0 Å². The summed E-state index contributed by atoms with van der Waals surface area (Å²) in [5, 5.41) is 16.7. The first-order valence-electron chi connectivity index (χ1n) is 6.65. The Balaban J connectivity index is 1.62. The van der Waals surface area contributed by atoms with E-state index in [1.165, 1.54) is 10.5 Å². The topological polar surface area (TPSA) is 71.2 Å². The standard InChI is InChI=1S/C14H17N3O2S/c1-9-4-2-3-5-12(9)20-8-13-16-14(19-17-13)11-6-10(18)7-15-11/h2-5,10-11,15,18H,6-8H2,1H3/t10-,11+/m0/s1. The maximum atomic E-state index is 9.49. The van der Waals surface area contributed by atoms with E-state index >= 15 is 0 Å². The van der Waals surface area contributed by atoms with Gasteiger partial charge < -0.3 is 14.9 Å². The molecule has 5 nitrogen and oxygen atoms in total. The summed E-state index contributed by atoms with van der Waals surface area (Å²) in [7, 11) is 0. The molecule has 0 saturated carbocycles. The fourth-order valence-corrected chi connectivity index (χ4v) is 3.11. The molecule has 0 radical (unpaired) electrons. The van der Waals surface area contributed by atoms with Crippen LogP contribution in [0.4, 0.5) is 0 Å². The molecule has 2 heterocycles. The molecule has 3 rings (SSSR count). The van der Waals surface area contributed by atoms with E-state index in [1.807, 2.05) is 12.1 Å². The lowest BCUT2D eigenvalue weighted by Gasteiger charge is -2.02. The third-order valence-electron chi connectivity index (χ3n) is 3.34. The quantitative estimate of drug-likeness (QED) is 0.840. The third-order valence-corrected chi connectivity index (χ3v) is 4.51. The van der Waals surface area contributed by atoms with Gasteiger partial charge >= 0.3 is 0 Å². The molecule has 6 heteroatoms. The summed E-state index contributed by atoms with van der Waals surface area (Å²) in [6.07, 6.45) is 0.309. The second-order valence-corrected chi connectivity index (χ2v) is 5.97. The molecule has 1 aromatic heterocycles. The first-order valence-corrected chi connectivity index (χ1v) is 7.63. The lowest BCUT2D eigenvalue weighted by atomic mass is 10.2. The normalized spacial score (nSPS) is 22.3. The molecule has 2 N–H and O–H groups in total. The second kappa shape index (κ2) is 5.95. The van der Waals surface area contributed by atoms with Gasteiger partial charge in [0.2, 0.25) is 5.89 Å². The zero-order valence-corrected chi connectivity index (χ0v) is 12.1. The van der Waals surface area contributed by atoms with Gasteiger partial charge in [-0.15, -0.1) is 11.8 Å². The highest BCUT2D eigenvalue weighted by molar-refractivity contribution is 7.98. The van der Waals surface area contributed by atoms with Crippen LogP contribution in [0.2, 0.25) is 0 Å². The van der Waals surface area contributed by atoms with Gasteiger partial charge in [0.15, 0.2) is 5.82 Å². The fourth-order valence-electron chi connectivity index (χ4n) is 2.23. The number of β-amino-alcohol motifs (C(OH)–C–C–N with tert-alkyl or cyclic N) is 1. The van der Waals surface area contributed by atoms with Gasteiger partial charge in [-0.25, -0.2) is 0 Å². The Morgan fingerprint density at radius 1 is 1.45 bits per heavy atom. The highest BCUT2D eigenvalue weighted by Crippen LogP contribution is 2.26. The second-order valence-electron chi connectivity index (χ2n) is 4.95. The minimum Gasteiger partial charge on any atom is -0.392 e. The Morgan fingerprint density at radius 3 is 3.05 bits per heavy atom. The number of nitrogens with one attached hydrogen (secondary N) is 1.